The molecule has 0 saturated carbocycles. The molecule has 13 heavy (non-hydrogen) atoms. The summed E-state index contributed by atoms with van der Waals surface area (Å²) in [5, 5.41) is 0. The number of Topliss-reactive ketones (excluding diaryl/α,β-unsaturated/α-hetero) is 1. The Kier molecular flexibility index (Phi) is 3.99. The zero-order valence-corrected chi connectivity index (χ0v) is 8.56. The maximum Gasteiger partial charge on any atom is 0.159 e. The minimum atomic E-state index is 0.100. The maximum absolute atomic E-state index is 10.9. The average Bonchev–Trinajstić information content (AvgIpc) is 2.15. The summed E-state index contributed by atoms with van der Waals surface area (Å²) in [5.41, 5.74) is 0.752. The van der Waals surface area contributed by atoms with Gasteiger partial charge in [0.05, 0.1) is 5.94 Å². The van der Waals surface area contributed by atoms with Crippen molar-refractivity contribution in [3.8, 4) is 0 Å². The fraction of sp³-hybridized carbons (Fsp3) is 0.300. The van der Waals surface area contributed by atoms with Gasteiger partial charge >= 0.3 is 0 Å². The first-order valence-electron chi connectivity index (χ1n) is 3.97. The first kappa shape index (κ1) is 10.3. The van der Waals surface area contributed by atoms with Gasteiger partial charge in [0.1, 0.15) is 0 Å². The fourth-order valence-corrected chi connectivity index (χ4v) is 1.50. The van der Waals surface area contributed by atoms with Crippen molar-refractivity contribution in [2.24, 2.45) is 0 Å². The van der Waals surface area contributed by atoms with Crippen LogP contribution in [0.3, 0.4) is 0 Å². The van der Waals surface area contributed by atoms with Gasteiger partial charge in [-0.25, -0.2) is 0 Å². The van der Waals surface area contributed by atoms with Crippen molar-refractivity contribution < 1.29 is 9.53 Å². The number of ether oxygens (including phenoxy) is 1. The number of thioether (sulfide) groups is 1. The second kappa shape index (κ2) is 5.04. The van der Waals surface area contributed by atoms with Crippen LogP contribution < -0.4 is 0 Å². The third-order valence-electron chi connectivity index (χ3n) is 1.60. The van der Waals surface area contributed by atoms with Crippen LogP contribution in [0.25, 0.3) is 0 Å². The van der Waals surface area contributed by atoms with E-state index in [9.17, 15) is 4.79 Å². The number of benzene rings is 1. The lowest BCUT2D eigenvalue weighted by molar-refractivity contribution is 0.101. The lowest BCUT2D eigenvalue weighted by Gasteiger charge is -2.00. The van der Waals surface area contributed by atoms with Crippen molar-refractivity contribution in [1.82, 2.24) is 0 Å². The average molecular weight is 196 g/mol. The molecule has 0 fully saturated rings. The van der Waals surface area contributed by atoms with Crippen LogP contribution in [0.5, 0.6) is 0 Å². The SMILES string of the molecule is COCSc1ccc(C(C)=O)cc1. The van der Waals surface area contributed by atoms with E-state index in [2.05, 4.69) is 0 Å². The zero-order valence-electron chi connectivity index (χ0n) is 7.74. The molecule has 3 heteroatoms. The predicted octanol–water partition coefficient (Wildman–Crippen LogP) is 2.59. The van der Waals surface area contributed by atoms with E-state index in [4.69, 9.17) is 4.74 Å². The number of ketones is 1. The van der Waals surface area contributed by atoms with Crippen molar-refractivity contribution in [1.29, 1.82) is 0 Å². The van der Waals surface area contributed by atoms with E-state index < -0.39 is 0 Å². The van der Waals surface area contributed by atoms with Gasteiger partial charge in [0.2, 0.25) is 0 Å². The van der Waals surface area contributed by atoms with Gasteiger partial charge < -0.3 is 4.74 Å². The van der Waals surface area contributed by atoms with Crippen LogP contribution in [-0.4, -0.2) is 18.8 Å². The minimum Gasteiger partial charge on any atom is -0.374 e. The Hall–Kier alpha value is -0.800. The highest BCUT2D eigenvalue weighted by atomic mass is 32.2. The van der Waals surface area contributed by atoms with Crippen LogP contribution in [0.2, 0.25) is 0 Å². The third kappa shape index (κ3) is 3.20. The Morgan fingerprint density at radius 2 is 2.00 bits per heavy atom. The molecular weight excluding hydrogens is 184 g/mol. The summed E-state index contributed by atoms with van der Waals surface area (Å²) in [4.78, 5) is 12.1. The van der Waals surface area contributed by atoms with E-state index in [0.717, 1.165) is 10.5 Å². The van der Waals surface area contributed by atoms with E-state index in [-0.39, 0.29) is 5.78 Å². The van der Waals surface area contributed by atoms with Gasteiger partial charge in [-0.1, -0.05) is 23.9 Å². The van der Waals surface area contributed by atoms with E-state index >= 15 is 0 Å². The quantitative estimate of drug-likeness (QED) is 0.420. The molecule has 0 amide bonds. The maximum atomic E-state index is 10.9. The van der Waals surface area contributed by atoms with E-state index in [1.54, 1.807) is 25.8 Å². The van der Waals surface area contributed by atoms with Crippen LogP contribution >= 0.6 is 11.8 Å². The molecule has 0 aromatic heterocycles. The van der Waals surface area contributed by atoms with Gasteiger partial charge in [-0.15, -0.1) is 0 Å². The smallest absolute Gasteiger partial charge is 0.159 e. The molecule has 0 aliphatic heterocycles. The van der Waals surface area contributed by atoms with Gasteiger partial charge in [-0.2, -0.15) is 0 Å². The lowest BCUT2D eigenvalue weighted by Crippen LogP contribution is -1.90. The topological polar surface area (TPSA) is 26.3 Å². The van der Waals surface area contributed by atoms with Crippen molar-refractivity contribution >= 4 is 17.5 Å². The van der Waals surface area contributed by atoms with Gasteiger partial charge in [-0.3, -0.25) is 4.79 Å². The monoisotopic (exact) mass is 196 g/mol. The molecular formula is C10H12O2S. The number of hydrogen-bond acceptors (Lipinski definition) is 3. The summed E-state index contributed by atoms with van der Waals surface area (Å²) in [5.74, 6) is 0.739. The largest absolute Gasteiger partial charge is 0.374 e. The Morgan fingerprint density at radius 1 is 1.38 bits per heavy atom. The lowest BCUT2D eigenvalue weighted by atomic mass is 10.2. The highest BCUT2D eigenvalue weighted by molar-refractivity contribution is 7.99. The summed E-state index contributed by atoms with van der Waals surface area (Å²) >= 11 is 1.61. The molecule has 70 valence electrons. The number of carbonyl (C=O) groups is 1. The van der Waals surface area contributed by atoms with Crippen LogP contribution in [0.4, 0.5) is 0 Å². The Bertz CT molecular complexity index is 279. The minimum absolute atomic E-state index is 0.100. The summed E-state index contributed by atoms with van der Waals surface area (Å²) in [6, 6.07) is 7.53. The second-order valence-corrected chi connectivity index (χ2v) is 3.63. The molecule has 0 saturated heterocycles. The molecule has 0 aliphatic carbocycles. The molecule has 0 atom stereocenters. The Morgan fingerprint density at radius 3 is 2.46 bits per heavy atom. The molecule has 0 heterocycles. The van der Waals surface area contributed by atoms with Gasteiger partial charge in [-0.05, 0) is 19.1 Å². The zero-order chi connectivity index (χ0) is 9.68. The standard InChI is InChI=1S/C10H12O2S/c1-8(11)9-3-5-10(6-4-9)13-7-12-2/h3-6H,7H2,1-2H3. The molecule has 2 nitrogen and oxygen atoms in total. The summed E-state index contributed by atoms with van der Waals surface area (Å²) in [6.07, 6.45) is 0. The summed E-state index contributed by atoms with van der Waals surface area (Å²) < 4.78 is 4.92. The van der Waals surface area contributed by atoms with Crippen molar-refractivity contribution in [3.05, 3.63) is 29.8 Å². The Balaban J connectivity index is 2.64. The summed E-state index contributed by atoms with van der Waals surface area (Å²) in [6.45, 7) is 1.57. The normalized spacial score (nSPS) is 10.0. The van der Waals surface area contributed by atoms with Gasteiger partial charge in [0.25, 0.3) is 0 Å². The third-order valence-corrected chi connectivity index (χ3v) is 2.56. The van der Waals surface area contributed by atoms with Crippen molar-refractivity contribution in [2.45, 2.75) is 11.8 Å². The highest BCUT2D eigenvalue weighted by Crippen LogP contribution is 2.18. The van der Waals surface area contributed by atoms with Gasteiger partial charge in [0.15, 0.2) is 5.78 Å². The first-order valence-corrected chi connectivity index (χ1v) is 4.95. The number of carbonyl (C=O) groups excluding carboxylic acids is 1. The molecule has 1 aromatic rings. The molecule has 0 spiro atoms. The molecule has 0 N–H and O–H groups in total. The number of hydrogen-bond donors (Lipinski definition) is 0. The second-order valence-electron chi connectivity index (χ2n) is 2.63. The fourth-order valence-electron chi connectivity index (χ4n) is 0.913. The van der Waals surface area contributed by atoms with E-state index in [0.29, 0.717) is 5.94 Å². The number of methoxy groups -OCH3 is 1. The molecule has 0 unspecified atom stereocenters. The summed E-state index contributed by atoms with van der Waals surface area (Å²) in [7, 11) is 1.66. The molecule has 1 aromatic carbocycles. The van der Waals surface area contributed by atoms with Gasteiger partial charge in [0, 0.05) is 17.6 Å². The van der Waals surface area contributed by atoms with Crippen molar-refractivity contribution in [2.75, 3.05) is 13.0 Å². The first-order chi connectivity index (χ1) is 6.24. The molecule has 0 radical (unpaired) electrons. The van der Waals surface area contributed by atoms with Crippen LogP contribution in [0, 0.1) is 0 Å². The van der Waals surface area contributed by atoms with Crippen LogP contribution in [0.15, 0.2) is 29.2 Å². The molecule has 0 bridgehead atoms. The van der Waals surface area contributed by atoms with E-state index in [1.165, 1.54) is 0 Å². The van der Waals surface area contributed by atoms with E-state index in [1.807, 2.05) is 24.3 Å². The number of rotatable bonds is 4. The molecule has 0 aliphatic rings. The van der Waals surface area contributed by atoms with Crippen LogP contribution in [-0.2, 0) is 4.74 Å². The molecule has 1 rings (SSSR count). The van der Waals surface area contributed by atoms with Crippen LogP contribution in [0.1, 0.15) is 17.3 Å². The highest BCUT2D eigenvalue weighted by Gasteiger charge is 1.98. The van der Waals surface area contributed by atoms with Crippen molar-refractivity contribution in [3.63, 3.8) is 0 Å². The predicted molar refractivity (Wildman–Crippen MR) is 54.2 cm³/mol. The Labute approximate surface area is 82.3 Å².